The first-order valence-corrected chi connectivity index (χ1v) is 8.50. The summed E-state index contributed by atoms with van der Waals surface area (Å²) in [5, 5.41) is 0. The average Bonchev–Trinajstić information content (AvgIpc) is 2.46. The second-order valence-corrected chi connectivity index (χ2v) is 6.93. The number of benzene rings is 1. The summed E-state index contributed by atoms with van der Waals surface area (Å²) < 4.78 is 7.43. The molecule has 1 saturated carbocycles. The van der Waals surface area contributed by atoms with Gasteiger partial charge in [0.1, 0.15) is 5.75 Å². The van der Waals surface area contributed by atoms with E-state index in [1.807, 2.05) is 30.1 Å². The van der Waals surface area contributed by atoms with Crippen molar-refractivity contribution in [1.29, 1.82) is 0 Å². The Kier molecular flexibility index (Phi) is 5.90. The van der Waals surface area contributed by atoms with Crippen LogP contribution in [0.5, 0.6) is 5.75 Å². The maximum atomic E-state index is 12.2. The SMILES string of the molecule is CN(C(=O)COc1ccc(Br)cc1Br)C1CCCCC1. The molecule has 1 aromatic rings. The zero-order valence-corrected chi connectivity index (χ0v) is 14.7. The van der Waals surface area contributed by atoms with Crippen molar-refractivity contribution in [3.63, 3.8) is 0 Å². The summed E-state index contributed by atoms with van der Waals surface area (Å²) in [5.74, 6) is 0.741. The van der Waals surface area contributed by atoms with Gasteiger partial charge in [0.05, 0.1) is 4.47 Å². The van der Waals surface area contributed by atoms with E-state index in [0.717, 1.165) is 21.8 Å². The van der Waals surface area contributed by atoms with E-state index in [0.29, 0.717) is 11.8 Å². The number of likely N-dealkylation sites (N-methyl/N-ethyl adjacent to an activating group) is 1. The number of halogens is 2. The van der Waals surface area contributed by atoms with Crippen molar-refractivity contribution < 1.29 is 9.53 Å². The van der Waals surface area contributed by atoms with E-state index < -0.39 is 0 Å². The van der Waals surface area contributed by atoms with Crippen LogP contribution in [0, 0.1) is 0 Å². The zero-order valence-electron chi connectivity index (χ0n) is 11.6. The third-order valence-corrected chi connectivity index (χ3v) is 4.87. The summed E-state index contributed by atoms with van der Waals surface area (Å²) in [6.07, 6.45) is 5.97. The lowest BCUT2D eigenvalue weighted by Gasteiger charge is -2.31. The van der Waals surface area contributed by atoms with E-state index >= 15 is 0 Å². The number of amides is 1. The highest BCUT2D eigenvalue weighted by atomic mass is 79.9. The molecule has 110 valence electrons. The Morgan fingerprint density at radius 3 is 2.65 bits per heavy atom. The van der Waals surface area contributed by atoms with Gasteiger partial charge in [-0.25, -0.2) is 0 Å². The quantitative estimate of drug-likeness (QED) is 0.745. The van der Waals surface area contributed by atoms with Gasteiger partial charge in [-0.15, -0.1) is 0 Å². The fourth-order valence-corrected chi connectivity index (χ4v) is 3.67. The van der Waals surface area contributed by atoms with Crippen molar-refractivity contribution in [1.82, 2.24) is 4.90 Å². The normalized spacial score (nSPS) is 15.9. The minimum atomic E-state index is 0.0479. The van der Waals surface area contributed by atoms with Crippen molar-refractivity contribution in [2.45, 2.75) is 38.1 Å². The molecule has 1 amide bonds. The Labute approximate surface area is 136 Å². The molecule has 3 nitrogen and oxygen atoms in total. The molecule has 20 heavy (non-hydrogen) atoms. The van der Waals surface area contributed by atoms with Crippen molar-refractivity contribution in [2.24, 2.45) is 0 Å². The Hall–Kier alpha value is -0.550. The number of hydrogen-bond donors (Lipinski definition) is 0. The Morgan fingerprint density at radius 1 is 1.30 bits per heavy atom. The van der Waals surface area contributed by atoms with E-state index in [1.54, 1.807) is 0 Å². The Balaban J connectivity index is 1.87. The second-order valence-electron chi connectivity index (χ2n) is 5.16. The fourth-order valence-electron chi connectivity index (χ4n) is 2.51. The molecule has 0 aromatic heterocycles. The van der Waals surface area contributed by atoms with Crippen molar-refractivity contribution in [2.75, 3.05) is 13.7 Å². The van der Waals surface area contributed by atoms with Crippen LogP contribution in [-0.2, 0) is 4.79 Å². The van der Waals surface area contributed by atoms with E-state index in [4.69, 9.17) is 4.74 Å². The maximum absolute atomic E-state index is 12.2. The van der Waals surface area contributed by atoms with E-state index in [2.05, 4.69) is 31.9 Å². The number of carbonyl (C=O) groups excluding carboxylic acids is 1. The first-order chi connectivity index (χ1) is 9.58. The molecule has 1 aliphatic carbocycles. The first kappa shape index (κ1) is 15.8. The number of hydrogen-bond acceptors (Lipinski definition) is 2. The molecule has 0 bridgehead atoms. The number of rotatable bonds is 4. The summed E-state index contributed by atoms with van der Waals surface area (Å²) in [6, 6.07) is 6.04. The molecule has 5 heteroatoms. The molecular weight excluding hydrogens is 386 g/mol. The summed E-state index contributed by atoms with van der Waals surface area (Å²) in [7, 11) is 1.89. The number of carbonyl (C=O) groups is 1. The molecule has 0 radical (unpaired) electrons. The average molecular weight is 405 g/mol. The van der Waals surface area contributed by atoms with Gasteiger partial charge in [-0.2, -0.15) is 0 Å². The van der Waals surface area contributed by atoms with Crippen LogP contribution in [-0.4, -0.2) is 30.5 Å². The minimum Gasteiger partial charge on any atom is -0.483 e. The van der Waals surface area contributed by atoms with Crippen molar-refractivity contribution >= 4 is 37.8 Å². The van der Waals surface area contributed by atoms with Crippen LogP contribution in [0.15, 0.2) is 27.1 Å². The molecule has 1 fully saturated rings. The maximum Gasteiger partial charge on any atom is 0.260 e. The summed E-state index contributed by atoms with van der Waals surface area (Å²) in [5.41, 5.74) is 0. The minimum absolute atomic E-state index is 0.0479. The molecule has 0 aliphatic heterocycles. The molecule has 0 heterocycles. The zero-order chi connectivity index (χ0) is 14.5. The Morgan fingerprint density at radius 2 is 2.00 bits per heavy atom. The lowest BCUT2D eigenvalue weighted by Crippen LogP contribution is -2.40. The molecular formula is C15H19Br2NO2. The second kappa shape index (κ2) is 7.46. The van der Waals surface area contributed by atoms with Gasteiger partial charge >= 0.3 is 0 Å². The predicted octanol–water partition coefficient (Wildman–Crippen LogP) is 4.38. The first-order valence-electron chi connectivity index (χ1n) is 6.91. The van der Waals surface area contributed by atoms with E-state index in [9.17, 15) is 4.79 Å². The van der Waals surface area contributed by atoms with Gasteiger partial charge in [0, 0.05) is 17.6 Å². The molecule has 1 aromatic carbocycles. The van der Waals surface area contributed by atoms with Crippen LogP contribution in [0.2, 0.25) is 0 Å². The smallest absolute Gasteiger partial charge is 0.260 e. The summed E-state index contributed by atoms with van der Waals surface area (Å²) in [4.78, 5) is 14.0. The van der Waals surface area contributed by atoms with Crippen LogP contribution in [0.3, 0.4) is 0 Å². The standard InChI is InChI=1S/C15H19Br2NO2/c1-18(12-5-3-2-4-6-12)15(19)10-20-14-8-7-11(16)9-13(14)17/h7-9,12H,2-6,10H2,1H3. The van der Waals surface area contributed by atoms with Crippen LogP contribution in [0.1, 0.15) is 32.1 Å². The number of nitrogens with zero attached hydrogens (tertiary/aromatic N) is 1. The van der Waals surface area contributed by atoms with E-state index in [1.165, 1.54) is 19.3 Å². The predicted molar refractivity (Wildman–Crippen MR) is 87.0 cm³/mol. The number of ether oxygens (including phenoxy) is 1. The third-order valence-electron chi connectivity index (χ3n) is 3.76. The van der Waals surface area contributed by atoms with Gasteiger partial charge in [-0.1, -0.05) is 35.2 Å². The summed E-state index contributed by atoms with van der Waals surface area (Å²) >= 11 is 6.82. The van der Waals surface area contributed by atoms with Gasteiger partial charge < -0.3 is 9.64 Å². The monoisotopic (exact) mass is 403 g/mol. The van der Waals surface area contributed by atoms with Gasteiger partial charge in [-0.3, -0.25) is 4.79 Å². The van der Waals surface area contributed by atoms with Gasteiger partial charge in [-0.05, 0) is 47.0 Å². The molecule has 0 spiro atoms. The largest absolute Gasteiger partial charge is 0.483 e. The Bertz CT molecular complexity index is 473. The van der Waals surface area contributed by atoms with Gasteiger partial charge in [0.15, 0.2) is 6.61 Å². The third kappa shape index (κ3) is 4.22. The van der Waals surface area contributed by atoms with Crippen LogP contribution in [0.25, 0.3) is 0 Å². The van der Waals surface area contributed by atoms with E-state index in [-0.39, 0.29) is 12.5 Å². The molecule has 2 rings (SSSR count). The molecule has 0 saturated heterocycles. The molecule has 0 N–H and O–H groups in total. The van der Waals surface area contributed by atoms with Gasteiger partial charge in [0.2, 0.25) is 0 Å². The topological polar surface area (TPSA) is 29.5 Å². The lowest BCUT2D eigenvalue weighted by molar-refractivity contribution is -0.134. The molecule has 0 unspecified atom stereocenters. The van der Waals surface area contributed by atoms with Crippen LogP contribution >= 0.6 is 31.9 Å². The molecule has 1 aliphatic rings. The highest BCUT2D eigenvalue weighted by molar-refractivity contribution is 9.11. The van der Waals surface area contributed by atoms with Crippen LogP contribution in [0.4, 0.5) is 0 Å². The molecule has 0 atom stereocenters. The lowest BCUT2D eigenvalue weighted by atomic mass is 9.94. The summed E-state index contributed by atoms with van der Waals surface area (Å²) in [6.45, 7) is 0.0905. The highest BCUT2D eigenvalue weighted by Gasteiger charge is 2.22. The van der Waals surface area contributed by atoms with Crippen molar-refractivity contribution in [3.8, 4) is 5.75 Å². The van der Waals surface area contributed by atoms with Crippen LogP contribution < -0.4 is 4.74 Å². The van der Waals surface area contributed by atoms with Crippen molar-refractivity contribution in [3.05, 3.63) is 27.1 Å². The van der Waals surface area contributed by atoms with Gasteiger partial charge in [0.25, 0.3) is 5.91 Å². The fraction of sp³-hybridized carbons (Fsp3) is 0.533. The highest BCUT2D eigenvalue weighted by Crippen LogP contribution is 2.28.